The van der Waals surface area contributed by atoms with Crippen molar-refractivity contribution >= 4 is 26.6 Å². The highest BCUT2D eigenvalue weighted by Gasteiger charge is 2.20. The fourth-order valence-corrected chi connectivity index (χ4v) is 4.28. The maximum Gasteiger partial charge on any atom is 0.240 e. The highest BCUT2D eigenvalue weighted by atomic mass is 32.2. The number of hydrogen-bond donors (Lipinski definition) is 2. The minimum Gasteiger partial charge on any atom is -0.385 e. The van der Waals surface area contributed by atoms with Crippen LogP contribution in [0.15, 0.2) is 35.4 Å². The van der Waals surface area contributed by atoms with Crippen molar-refractivity contribution in [3.63, 3.8) is 0 Å². The van der Waals surface area contributed by atoms with Gasteiger partial charge in [-0.1, -0.05) is 33.8 Å². The van der Waals surface area contributed by atoms with E-state index in [0.717, 1.165) is 23.7 Å². The Morgan fingerprint density at radius 3 is 2.61 bits per heavy atom. The monoisotopic (exact) mass is 407 g/mol. The number of pyridine rings is 1. The summed E-state index contributed by atoms with van der Waals surface area (Å²) in [5.41, 5.74) is 0.216. The number of fused-ring (bicyclic) bond motifs is 1. The molecule has 2 aromatic rings. The first-order valence-corrected chi connectivity index (χ1v) is 11.3. The van der Waals surface area contributed by atoms with Gasteiger partial charge in [0.25, 0.3) is 0 Å². The molecule has 2 N–H and O–H groups in total. The van der Waals surface area contributed by atoms with Crippen molar-refractivity contribution in [1.29, 1.82) is 0 Å². The Kier molecular flexibility index (Phi) is 7.80. The molecule has 0 amide bonds. The molecular weight excluding hydrogens is 374 g/mol. The summed E-state index contributed by atoms with van der Waals surface area (Å²) in [6.07, 6.45) is 4.08. The summed E-state index contributed by atoms with van der Waals surface area (Å²) in [6.45, 7) is 9.83. The Bertz CT molecular complexity index is 876. The molecule has 0 fully saturated rings. The number of ether oxygens (including phenoxy) is 1. The number of sulfonamides is 1. The predicted octanol–water partition coefficient (Wildman–Crippen LogP) is 4.18. The number of hydrogen-bond acceptors (Lipinski definition) is 5. The molecule has 0 aliphatic heterocycles. The van der Waals surface area contributed by atoms with Crippen molar-refractivity contribution in [2.45, 2.75) is 57.9 Å². The van der Waals surface area contributed by atoms with Gasteiger partial charge in [0, 0.05) is 37.9 Å². The number of anilines is 1. The van der Waals surface area contributed by atoms with Crippen LogP contribution >= 0.6 is 0 Å². The molecule has 6 nitrogen and oxygen atoms in total. The molecule has 0 spiro atoms. The summed E-state index contributed by atoms with van der Waals surface area (Å²) < 4.78 is 33.6. The van der Waals surface area contributed by atoms with Crippen LogP contribution in [0.5, 0.6) is 0 Å². The summed E-state index contributed by atoms with van der Waals surface area (Å²) in [6, 6.07) is 6.91. The Morgan fingerprint density at radius 1 is 1.21 bits per heavy atom. The van der Waals surface area contributed by atoms with E-state index in [9.17, 15) is 8.42 Å². The second kappa shape index (κ2) is 9.67. The average molecular weight is 408 g/mol. The van der Waals surface area contributed by atoms with Gasteiger partial charge in [-0.2, -0.15) is 0 Å². The third kappa shape index (κ3) is 6.43. The van der Waals surface area contributed by atoms with Gasteiger partial charge >= 0.3 is 0 Å². The van der Waals surface area contributed by atoms with Crippen LogP contribution in [0.2, 0.25) is 0 Å². The lowest BCUT2D eigenvalue weighted by Gasteiger charge is -2.19. The van der Waals surface area contributed by atoms with Gasteiger partial charge in [-0.25, -0.2) is 18.1 Å². The Labute approximate surface area is 169 Å². The van der Waals surface area contributed by atoms with Gasteiger partial charge in [-0.3, -0.25) is 0 Å². The van der Waals surface area contributed by atoms with Gasteiger partial charge < -0.3 is 10.1 Å². The second-order valence-electron chi connectivity index (χ2n) is 8.29. The first kappa shape index (κ1) is 22.6. The third-order valence-corrected chi connectivity index (χ3v) is 6.22. The van der Waals surface area contributed by atoms with Crippen molar-refractivity contribution < 1.29 is 13.2 Å². The minimum absolute atomic E-state index is 0.154. The van der Waals surface area contributed by atoms with Crippen LogP contribution < -0.4 is 10.0 Å². The summed E-state index contributed by atoms with van der Waals surface area (Å²) in [5, 5.41) is 5.13. The fourth-order valence-electron chi connectivity index (χ4n) is 2.91. The molecule has 1 unspecified atom stereocenters. The van der Waals surface area contributed by atoms with Crippen molar-refractivity contribution in [3.05, 3.63) is 30.5 Å². The maximum absolute atomic E-state index is 12.9. The van der Waals surface area contributed by atoms with Gasteiger partial charge in [-0.05, 0) is 48.3 Å². The number of methoxy groups -OCH3 is 1. The van der Waals surface area contributed by atoms with E-state index < -0.39 is 10.0 Å². The smallest absolute Gasteiger partial charge is 0.240 e. The topological polar surface area (TPSA) is 80.3 Å². The number of benzene rings is 1. The van der Waals surface area contributed by atoms with E-state index in [0.29, 0.717) is 25.3 Å². The molecule has 156 valence electrons. The van der Waals surface area contributed by atoms with Gasteiger partial charge in [0.05, 0.1) is 4.90 Å². The quantitative estimate of drug-likeness (QED) is 0.618. The molecule has 0 radical (unpaired) electrons. The molecule has 2 rings (SSSR count). The zero-order valence-corrected chi connectivity index (χ0v) is 18.4. The molecule has 0 aliphatic carbocycles. The van der Waals surface area contributed by atoms with Crippen LogP contribution in [0.3, 0.4) is 0 Å². The Hall–Kier alpha value is -1.70. The van der Waals surface area contributed by atoms with Crippen LogP contribution in [-0.2, 0) is 14.8 Å². The number of nitrogens with zero attached hydrogens (tertiary/aromatic N) is 1. The molecule has 7 heteroatoms. The molecule has 0 saturated carbocycles. The number of aromatic nitrogens is 1. The molecule has 0 aliphatic rings. The van der Waals surface area contributed by atoms with Crippen LogP contribution in [0.25, 0.3) is 10.8 Å². The summed E-state index contributed by atoms with van der Waals surface area (Å²) in [4.78, 5) is 4.68. The molecule has 1 aromatic carbocycles. The van der Waals surface area contributed by atoms with Crippen LogP contribution in [0.1, 0.15) is 47.0 Å². The molecule has 1 aromatic heterocycles. The van der Waals surface area contributed by atoms with E-state index in [1.54, 1.807) is 25.4 Å². The van der Waals surface area contributed by atoms with Crippen molar-refractivity contribution in [1.82, 2.24) is 9.71 Å². The minimum atomic E-state index is -3.62. The number of rotatable bonds is 10. The lowest BCUT2D eigenvalue weighted by atomic mass is 9.92. The highest BCUT2D eigenvalue weighted by molar-refractivity contribution is 7.89. The van der Waals surface area contributed by atoms with E-state index in [1.807, 2.05) is 19.1 Å². The SMILES string of the molecule is CCC(CCOC)NS(=O)(=O)c1ccc2ccnc(NCCC(C)(C)C)c2c1. The van der Waals surface area contributed by atoms with E-state index >= 15 is 0 Å². The summed E-state index contributed by atoms with van der Waals surface area (Å²) in [5.74, 6) is 0.713. The first-order valence-electron chi connectivity index (χ1n) is 9.80. The molecule has 28 heavy (non-hydrogen) atoms. The summed E-state index contributed by atoms with van der Waals surface area (Å²) in [7, 11) is -2.00. The lowest BCUT2D eigenvalue weighted by Crippen LogP contribution is -2.35. The molecular formula is C21H33N3O3S. The van der Waals surface area contributed by atoms with E-state index in [4.69, 9.17) is 4.74 Å². The van der Waals surface area contributed by atoms with Crippen molar-refractivity contribution in [2.24, 2.45) is 5.41 Å². The third-order valence-electron chi connectivity index (χ3n) is 4.70. The standard InChI is InChI=1S/C21H33N3O3S/c1-6-17(10-14-27-5)24-28(25,26)18-8-7-16-9-12-22-20(19(16)15-18)23-13-11-21(2,3)4/h7-9,12,15,17,24H,6,10-11,13-14H2,1-5H3,(H,22,23). The van der Waals surface area contributed by atoms with Crippen LogP contribution in [0.4, 0.5) is 5.82 Å². The zero-order chi connectivity index (χ0) is 20.8. The van der Waals surface area contributed by atoms with Gasteiger partial charge in [-0.15, -0.1) is 0 Å². The van der Waals surface area contributed by atoms with Gasteiger partial charge in [0.1, 0.15) is 5.82 Å². The zero-order valence-electron chi connectivity index (χ0n) is 17.6. The Morgan fingerprint density at radius 2 is 1.96 bits per heavy atom. The van der Waals surface area contributed by atoms with Crippen LogP contribution in [0, 0.1) is 5.41 Å². The second-order valence-corrected chi connectivity index (χ2v) is 10.0. The molecule has 1 atom stereocenters. The highest BCUT2D eigenvalue weighted by Crippen LogP contribution is 2.26. The molecule has 0 bridgehead atoms. The van der Waals surface area contributed by atoms with E-state index in [-0.39, 0.29) is 16.4 Å². The average Bonchev–Trinajstić information content (AvgIpc) is 2.63. The summed E-state index contributed by atoms with van der Waals surface area (Å²) >= 11 is 0. The lowest BCUT2D eigenvalue weighted by molar-refractivity contribution is 0.185. The maximum atomic E-state index is 12.9. The predicted molar refractivity (Wildman–Crippen MR) is 115 cm³/mol. The molecule has 0 saturated heterocycles. The van der Waals surface area contributed by atoms with Crippen molar-refractivity contribution in [2.75, 3.05) is 25.6 Å². The van der Waals surface area contributed by atoms with Crippen LogP contribution in [-0.4, -0.2) is 39.7 Å². The molecule has 1 heterocycles. The Balaban J connectivity index is 2.27. The fraction of sp³-hybridized carbons (Fsp3) is 0.571. The van der Waals surface area contributed by atoms with Crippen molar-refractivity contribution in [3.8, 4) is 0 Å². The van der Waals surface area contributed by atoms with Gasteiger partial charge in [0.2, 0.25) is 10.0 Å². The number of nitrogens with one attached hydrogen (secondary N) is 2. The van der Waals surface area contributed by atoms with Gasteiger partial charge in [0.15, 0.2) is 0 Å². The normalized spacial score (nSPS) is 13.6. The first-order chi connectivity index (χ1) is 13.2. The van der Waals surface area contributed by atoms with E-state index in [2.05, 4.69) is 35.8 Å². The van der Waals surface area contributed by atoms with E-state index in [1.165, 1.54) is 0 Å². The largest absolute Gasteiger partial charge is 0.385 e.